The van der Waals surface area contributed by atoms with Crippen LogP contribution in [-0.2, 0) is 0 Å². The number of benzene rings is 4. The van der Waals surface area contributed by atoms with E-state index in [-0.39, 0.29) is 5.75 Å². The summed E-state index contributed by atoms with van der Waals surface area (Å²) in [6, 6.07) is 29.8. The summed E-state index contributed by atoms with van der Waals surface area (Å²) in [5.41, 5.74) is 5.03. The van der Waals surface area contributed by atoms with Gasteiger partial charge in [-0.2, -0.15) is 0 Å². The van der Waals surface area contributed by atoms with Gasteiger partial charge in [0.25, 0.3) is 0 Å². The lowest BCUT2D eigenvalue weighted by atomic mass is 10.0. The number of aromatic nitrogens is 2. The Morgan fingerprint density at radius 2 is 1.19 bits per heavy atom. The van der Waals surface area contributed by atoms with Crippen LogP contribution in [0.4, 0.5) is 0 Å². The van der Waals surface area contributed by atoms with E-state index in [1.165, 1.54) is 0 Å². The molecule has 0 fully saturated rings. The molecule has 150 valence electrons. The first kappa shape index (κ1) is 19.1. The molecule has 1 aromatic heterocycles. The number of hydrogen-bond donors (Lipinski definition) is 1. The quantitative estimate of drug-likeness (QED) is 0.334. The second kappa shape index (κ2) is 8.09. The summed E-state index contributed by atoms with van der Waals surface area (Å²) in [6.07, 6.45) is 0. The van der Waals surface area contributed by atoms with Crippen LogP contribution >= 0.6 is 11.6 Å². The van der Waals surface area contributed by atoms with Gasteiger partial charge in [0.15, 0.2) is 0 Å². The minimum absolute atomic E-state index is 0.200. The highest BCUT2D eigenvalue weighted by molar-refractivity contribution is 6.31. The molecular formula is C26H17ClN2O2. The van der Waals surface area contributed by atoms with E-state index in [1.807, 2.05) is 72.8 Å². The summed E-state index contributed by atoms with van der Waals surface area (Å²) in [5, 5.41) is 10.0. The fourth-order valence-electron chi connectivity index (χ4n) is 3.36. The van der Waals surface area contributed by atoms with Crippen LogP contribution < -0.4 is 4.74 Å². The normalized spacial score (nSPS) is 10.9. The van der Waals surface area contributed by atoms with Gasteiger partial charge in [0, 0.05) is 16.1 Å². The van der Waals surface area contributed by atoms with Gasteiger partial charge in [-0.05, 0) is 66.7 Å². The summed E-state index contributed by atoms with van der Waals surface area (Å²) >= 11 is 6.18. The average Bonchev–Trinajstić information content (AvgIpc) is 2.81. The number of phenolic OH excluding ortho intramolecular Hbond substituents is 1. The standard InChI is InChI=1S/C26H17ClN2O2/c27-19-8-15-23-24(16-19)29-26(25(28-23)17-4-2-1-3-5-17)18-6-11-21(12-7-18)31-22-13-9-20(30)10-14-22/h1-16,30H. The summed E-state index contributed by atoms with van der Waals surface area (Å²) < 4.78 is 5.86. The van der Waals surface area contributed by atoms with E-state index in [4.69, 9.17) is 26.3 Å². The van der Waals surface area contributed by atoms with E-state index in [0.29, 0.717) is 16.5 Å². The summed E-state index contributed by atoms with van der Waals surface area (Å²) in [5.74, 6) is 1.54. The Bertz CT molecular complexity index is 1350. The smallest absolute Gasteiger partial charge is 0.127 e. The number of halogens is 1. The Labute approximate surface area is 184 Å². The van der Waals surface area contributed by atoms with Gasteiger partial charge in [0.05, 0.1) is 22.4 Å². The van der Waals surface area contributed by atoms with Gasteiger partial charge in [0.1, 0.15) is 17.2 Å². The number of hydrogen-bond acceptors (Lipinski definition) is 4. The predicted octanol–water partition coefficient (Wildman–Crippen LogP) is 7.12. The lowest BCUT2D eigenvalue weighted by Crippen LogP contribution is -1.95. The van der Waals surface area contributed by atoms with Gasteiger partial charge in [-0.25, -0.2) is 9.97 Å². The zero-order valence-electron chi connectivity index (χ0n) is 16.4. The van der Waals surface area contributed by atoms with Crippen LogP contribution in [0.2, 0.25) is 5.02 Å². The largest absolute Gasteiger partial charge is 0.508 e. The van der Waals surface area contributed by atoms with Crippen molar-refractivity contribution in [2.75, 3.05) is 0 Å². The van der Waals surface area contributed by atoms with Crippen LogP contribution in [0.15, 0.2) is 97.1 Å². The predicted molar refractivity (Wildman–Crippen MR) is 124 cm³/mol. The molecule has 0 unspecified atom stereocenters. The molecule has 0 aliphatic carbocycles. The van der Waals surface area contributed by atoms with E-state index in [1.54, 1.807) is 24.3 Å². The van der Waals surface area contributed by atoms with Gasteiger partial charge in [0.2, 0.25) is 0 Å². The van der Waals surface area contributed by atoms with Gasteiger partial charge in [-0.1, -0.05) is 41.9 Å². The fraction of sp³-hybridized carbons (Fsp3) is 0. The van der Waals surface area contributed by atoms with Crippen molar-refractivity contribution in [3.63, 3.8) is 0 Å². The van der Waals surface area contributed by atoms with Crippen LogP contribution in [-0.4, -0.2) is 15.1 Å². The second-order valence-electron chi connectivity index (χ2n) is 7.04. The number of rotatable bonds is 4. The van der Waals surface area contributed by atoms with Gasteiger partial charge < -0.3 is 9.84 Å². The number of phenols is 1. The lowest BCUT2D eigenvalue weighted by Gasteiger charge is -2.12. The van der Waals surface area contributed by atoms with Crippen molar-refractivity contribution in [3.8, 4) is 39.8 Å². The Hall–Kier alpha value is -3.89. The summed E-state index contributed by atoms with van der Waals surface area (Å²) in [6.45, 7) is 0. The SMILES string of the molecule is Oc1ccc(Oc2ccc(-c3nc4cc(Cl)ccc4nc3-c3ccccc3)cc2)cc1. The van der Waals surface area contributed by atoms with E-state index < -0.39 is 0 Å². The Morgan fingerprint density at radius 1 is 0.613 bits per heavy atom. The molecule has 4 nitrogen and oxygen atoms in total. The zero-order valence-corrected chi connectivity index (χ0v) is 17.1. The Balaban J connectivity index is 1.57. The molecule has 4 aromatic carbocycles. The number of aromatic hydroxyl groups is 1. The van der Waals surface area contributed by atoms with Crippen LogP contribution in [0.25, 0.3) is 33.5 Å². The highest BCUT2D eigenvalue weighted by Crippen LogP contribution is 2.33. The molecule has 5 heteroatoms. The highest BCUT2D eigenvalue weighted by atomic mass is 35.5. The number of ether oxygens (including phenoxy) is 1. The molecule has 0 spiro atoms. The van der Waals surface area contributed by atoms with E-state index in [2.05, 4.69) is 0 Å². The third-order valence-corrected chi connectivity index (χ3v) is 5.11. The first-order chi connectivity index (χ1) is 15.2. The van der Waals surface area contributed by atoms with E-state index in [9.17, 15) is 5.11 Å². The van der Waals surface area contributed by atoms with E-state index >= 15 is 0 Å². The minimum Gasteiger partial charge on any atom is -0.508 e. The third-order valence-electron chi connectivity index (χ3n) is 4.87. The molecule has 0 saturated heterocycles. The van der Waals surface area contributed by atoms with Crippen molar-refractivity contribution < 1.29 is 9.84 Å². The minimum atomic E-state index is 0.200. The van der Waals surface area contributed by atoms with Gasteiger partial charge >= 0.3 is 0 Å². The molecule has 0 aliphatic heterocycles. The first-order valence-electron chi connectivity index (χ1n) is 9.76. The monoisotopic (exact) mass is 424 g/mol. The average molecular weight is 425 g/mol. The second-order valence-corrected chi connectivity index (χ2v) is 7.48. The van der Waals surface area contributed by atoms with Crippen molar-refractivity contribution in [1.29, 1.82) is 0 Å². The molecule has 0 amide bonds. The molecule has 5 aromatic rings. The topological polar surface area (TPSA) is 55.2 Å². The molecular weight excluding hydrogens is 408 g/mol. The van der Waals surface area contributed by atoms with Crippen molar-refractivity contribution in [2.45, 2.75) is 0 Å². The zero-order chi connectivity index (χ0) is 21.2. The Morgan fingerprint density at radius 3 is 1.87 bits per heavy atom. The van der Waals surface area contributed by atoms with Gasteiger partial charge in [-0.3, -0.25) is 0 Å². The molecule has 0 saturated carbocycles. The summed E-state index contributed by atoms with van der Waals surface area (Å²) in [7, 11) is 0. The molecule has 1 heterocycles. The van der Waals surface area contributed by atoms with Crippen molar-refractivity contribution in [2.24, 2.45) is 0 Å². The molecule has 0 radical (unpaired) electrons. The maximum absolute atomic E-state index is 9.42. The maximum Gasteiger partial charge on any atom is 0.127 e. The molecule has 1 N–H and O–H groups in total. The van der Waals surface area contributed by atoms with E-state index in [0.717, 1.165) is 33.5 Å². The van der Waals surface area contributed by atoms with Crippen LogP contribution in [0.3, 0.4) is 0 Å². The molecule has 0 aliphatic rings. The van der Waals surface area contributed by atoms with Crippen molar-refractivity contribution >= 4 is 22.6 Å². The maximum atomic E-state index is 9.42. The first-order valence-corrected chi connectivity index (χ1v) is 10.1. The molecule has 5 rings (SSSR count). The van der Waals surface area contributed by atoms with Crippen molar-refractivity contribution in [1.82, 2.24) is 9.97 Å². The van der Waals surface area contributed by atoms with Crippen molar-refractivity contribution in [3.05, 3.63) is 102 Å². The Kier molecular flexibility index (Phi) is 4.98. The van der Waals surface area contributed by atoms with Crippen LogP contribution in [0.5, 0.6) is 17.2 Å². The lowest BCUT2D eigenvalue weighted by molar-refractivity contribution is 0.464. The number of fused-ring (bicyclic) bond motifs is 1. The summed E-state index contributed by atoms with van der Waals surface area (Å²) in [4.78, 5) is 9.78. The molecule has 0 bridgehead atoms. The van der Waals surface area contributed by atoms with Crippen LogP contribution in [0.1, 0.15) is 0 Å². The third kappa shape index (κ3) is 4.06. The number of nitrogens with zero attached hydrogens (tertiary/aromatic N) is 2. The van der Waals surface area contributed by atoms with Crippen LogP contribution in [0, 0.1) is 0 Å². The molecule has 0 atom stereocenters. The fourth-order valence-corrected chi connectivity index (χ4v) is 3.52. The van der Waals surface area contributed by atoms with Gasteiger partial charge in [-0.15, -0.1) is 0 Å². The molecule has 31 heavy (non-hydrogen) atoms. The highest BCUT2D eigenvalue weighted by Gasteiger charge is 2.13.